The largest absolute Gasteiger partial charge is 0.493 e. The zero-order valence-corrected chi connectivity index (χ0v) is 23.8. The molecule has 0 amide bonds. The highest BCUT2D eigenvalue weighted by molar-refractivity contribution is 7.89. The number of hydrogen-bond acceptors (Lipinski definition) is 6. The summed E-state index contributed by atoms with van der Waals surface area (Å²) in [4.78, 5) is 1.25. The Kier molecular flexibility index (Phi) is 5.97. The summed E-state index contributed by atoms with van der Waals surface area (Å²) in [7, 11) is -2.22. The maximum Gasteiger partial charge on any atom is 0.264 e. The Morgan fingerprint density at radius 2 is 1.83 bits per heavy atom. The van der Waals surface area contributed by atoms with Crippen molar-refractivity contribution < 1.29 is 17.5 Å². The van der Waals surface area contributed by atoms with Crippen molar-refractivity contribution in [2.45, 2.75) is 17.4 Å². The molecule has 1 saturated heterocycles. The fraction of sp³-hybridized carbons (Fsp3) is 0.276. The van der Waals surface area contributed by atoms with E-state index in [-0.39, 0.29) is 22.7 Å². The lowest BCUT2D eigenvalue weighted by atomic mass is 9.88. The predicted octanol–water partition coefficient (Wildman–Crippen LogP) is 4.52. The first-order valence-corrected chi connectivity index (χ1v) is 15.0. The summed E-state index contributed by atoms with van der Waals surface area (Å²) in [5.74, 6) is 0.572. The van der Waals surface area contributed by atoms with Gasteiger partial charge in [0.2, 0.25) is 5.03 Å². The van der Waals surface area contributed by atoms with Gasteiger partial charge >= 0.3 is 0 Å². The van der Waals surface area contributed by atoms with E-state index < -0.39 is 15.4 Å². The second-order valence-electron chi connectivity index (χ2n) is 10.7. The fourth-order valence-corrected chi connectivity index (χ4v) is 7.93. The van der Waals surface area contributed by atoms with Crippen molar-refractivity contribution in [3.05, 3.63) is 95.0 Å². The second-order valence-corrected chi connectivity index (χ2v) is 13.1. The van der Waals surface area contributed by atoms with E-state index in [0.29, 0.717) is 30.5 Å². The quantitative estimate of drug-likeness (QED) is 0.276. The van der Waals surface area contributed by atoms with E-state index >= 15 is 0 Å². The Hall–Kier alpha value is -3.80. The lowest BCUT2D eigenvalue weighted by Gasteiger charge is -2.24. The van der Waals surface area contributed by atoms with Gasteiger partial charge in [-0.2, -0.15) is 19.3 Å². The molecular weight excluding hydrogens is 567 g/mol. The van der Waals surface area contributed by atoms with Crippen LogP contribution >= 0.6 is 11.6 Å². The Labute approximate surface area is 241 Å². The van der Waals surface area contributed by atoms with Crippen molar-refractivity contribution in [3.8, 4) is 11.4 Å². The number of nitrogens with zero attached hydrogens (tertiary/aromatic N) is 6. The number of aromatic nitrogens is 5. The van der Waals surface area contributed by atoms with Gasteiger partial charge in [-0.3, -0.25) is 0 Å². The molecule has 0 spiro atoms. The van der Waals surface area contributed by atoms with Gasteiger partial charge in [0.1, 0.15) is 11.6 Å². The van der Waals surface area contributed by atoms with Crippen LogP contribution in [0.15, 0.2) is 78.1 Å². The molecule has 0 N–H and O–H groups in total. The molecule has 2 aromatic heterocycles. The van der Waals surface area contributed by atoms with Gasteiger partial charge in [-0.15, -0.1) is 5.10 Å². The average Bonchev–Trinajstić information content (AvgIpc) is 3.41. The molecule has 3 heterocycles. The highest BCUT2D eigenvalue weighted by atomic mass is 35.5. The monoisotopic (exact) mass is 592 g/mol. The van der Waals surface area contributed by atoms with E-state index in [1.807, 2.05) is 19.1 Å². The predicted molar refractivity (Wildman–Crippen MR) is 151 cm³/mol. The van der Waals surface area contributed by atoms with Gasteiger partial charge < -0.3 is 4.74 Å². The van der Waals surface area contributed by atoms with Gasteiger partial charge in [-0.05, 0) is 84.6 Å². The number of rotatable bonds is 7. The Balaban J connectivity index is 1.26. The summed E-state index contributed by atoms with van der Waals surface area (Å²) < 4.78 is 50.0. The van der Waals surface area contributed by atoms with Crippen LogP contribution in [0.3, 0.4) is 0 Å². The Morgan fingerprint density at radius 3 is 2.54 bits per heavy atom. The maximum absolute atomic E-state index is 13.5. The SMILES string of the molecule is Cc1cc2c(cnn2-c2ccc(F)cc2)cc1C12CN(S(=O)(=O)c3cnn(C)n3)CC1C2COc1ccc(Cl)cc1. The molecule has 3 aromatic carbocycles. The Morgan fingerprint density at radius 1 is 1.07 bits per heavy atom. The minimum absolute atomic E-state index is 0.0573. The standard InChI is InChI=1S/C29H26ClFN6O3S/c1-18-11-27-19(13-33-37(27)22-7-5-21(31)6-8-22)12-24(18)29-17-36(41(38,39)28-14-32-35(2)34-28)15-25(29)26(29)16-40-23-9-3-20(30)4-10-23/h3-14,25-26H,15-17H2,1-2H3. The van der Waals surface area contributed by atoms with Gasteiger partial charge in [0, 0.05) is 41.9 Å². The van der Waals surface area contributed by atoms with Gasteiger partial charge in [-0.1, -0.05) is 11.6 Å². The normalized spacial score (nSPS) is 22.2. The van der Waals surface area contributed by atoms with E-state index in [0.717, 1.165) is 27.7 Å². The number of benzene rings is 3. The molecule has 0 radical (unpaired) electrons. The molecule has 2 fully saturated rings. The lowest BCUT2D eigenvalue weighted by Crippen LogP contribution is -2.36. The van der Waals surface area contributed by atoms with Crippen molar-refractivity contribution in [2.75, 3.05) is 19.7 Å². The Bertz CT molecular complexity index is 1890. The lowest BCUT2D eigenvalue weighted by molar-refractivity contribution is 0.261. The van der Waals surface area contributed by atoms with E-state index in [2.05, 4.69) is 27.4 Å². The summed E-state index contributed by atoms with van der Waals surface area (Å²) in [5.41, 5.74) is 3.32. The third kappa shape index (κ3) is 4.22. The molecule has 12 heteroatoms. The molecule has 9 nitrogen and oxygen atoms in total. The molecule has 0 bridgehead atoms. The van der Waals surface area contributed by atoms with Crippen LogP contribution < -0.4 is 4.74 Å². The van der Waals surface area contributed by atoms with Crippen molar-refractivity contribution in [3.63, 3.8) is 0 Å². The minimum atomic E-state index is -3.82. The molecule has 3 unspecified atom stereocenters. The number of hydrogen-bond donors (Lipinski definition) is 0. The molecule has 1 saturated carbocycles. The van der Waals surface area contributed by atoms with E-state index in [1.54, 1.807) is 42.2 Å². The van der Waals surface area contributed by atoms with Crippen LogP contribution in [0.25, 0.3) is 16.6 Å². The number of halogens is 2. The number of ether oxygens (including phenoxy) is 1. The van der Waals surface area contributed by atoms with Gasteiger partial charge in [0.15, 0.2) is 0 Å². The highest BCUT2D eigenvalue weighted by Crippen LogP contribution is 2.65. The van der Waals surface area contributed by atoms with E-state index in [9.17, 15) is 12.8 Å². The van der Waals surface area contributed by atoms with Crippen molar-refractivity contribution in [1.82, 2.24) is 29.1 Å². The second kappa shape index (κ2) is 9.37. The van der Waals surface area contributed by atoms with Crippen LogP contribution in [-0.2, 0) is 22.5 Å². The molecule has 5 aromatic rings. The highest BCUT2D eigenvalue weighted by Gasteiger charge is 2.71. The average molecular weight is 593 g/mol. The van der Waals surface area contributed by atoms with E-state index in [1.165, 1.54) is 27.4 Å². The first-order chi connectivity index (χ1) is 19.7. The topological polar surface area (TPSA) is 95.1 Å². The van der Waals surface area contributed by atoms with Crippen LogP contribution in [0.5, 0.6) is 5.75 Å². The van der Waals surface area contributed by atoms with Crippen molar-refractivity contribution >= 4 is 32.5 Å². The smallest absolute Gasteiger partial charge is 0.264 e. The van der Waals surface area contributed by atoms with Crippen molar-refractivity contribution in [1.29, 1.82) is 0 Å². The third-order valence-electron chi connectivity index (χ3n) is 8.45. The minimum Gasteiger partial charge on any atom is -0.493 e. The maximum atomic E-state index is 13.5. The molecule has 41 heavy (non-hydrogen) atoms. The molecule has 210 valence electrons. The molecule has 1 aliphatic heterocycles. The number of aryl methyl sites for hydroxylation is 2. The van der Waals surface area contributed by atoms with Crippen LogP contribution in [0.4, 0.5) is 4.39 Å². The molecule has 7 rings (SSSR count). The third-order valence-corrected chi connectivity index (χ3v) is 10.4. The molecular formula is C29H26ClFN6O3S. The van der Waals surface area contributed by atoms with Crippen molar-refractivity contribution in [2.24, 2.45) is 18.9 Å². The van der Waals surface area contributed by atoms with Crippen LogP contribution in [-0.4, -0.2) is 57.2 Å². The first-order valence-electron chi connectivity index (χ1n) is 13.2. The summed E-state index contributed by atoms with van der Waals surface area (Å²) >= 11 is 6.04. The molecule has 2 aliphatic rings. The number of sulfonamides is 1. The molecule has 3 atom stereocenters. The van der Waals surface area contributed by atoms with Crippen LogP contribution in [0.1, 0.15) is 11.1 Å². The number of fused-ring (bicyclic) bond motifs is 2. The van der Waals surface area contributed by atoms with Gasteiger partial charge in [0.05, 0.1) is 30.2 Å². The summed E-state index contributed by atoms with van der Waals surface area (Å²) in [6.07, 6.45) is 3.08. The van der Waals surface area contributed by atoms with Crippen LogP contribution in [0.2, 0.25) is 5.02 Å². The van der Waals surface area contributed by atoms with Crippen LogP contribution in [0, 0.1) is 24.6 Å². The number of piperidine rings is 1. The molecule has 1 aliphatic carbocycles. The van der Waals surface area contributed by atoms with Gasteiger partial charge in [-0.25, -0.2) is 17.5 Å². The summed E-state index contributed by atoms with van der Waals surface area (Å²) in [5, 5.41) is 14.1. The summed E-state index contributed by atoms with van der Waals surface area (Å²) in [6, 6.07) is 17.6. The fourth-order valence-electron chi connectivity index (χ4n) is 6.40. The van der Waals surface area contributed by atoms with E-state index in [4.69, 9.17) is 16.3 Å². The summed E-state index contributed by atoms with van der Waals surface area (Å²) in [6.45, 7) is 3.15. The zero-order chi connectivity index (χ0) is 28.5. The zero-order valence-electron chi connectivity index (χ0n) is 22.3. The van der Waals surface area contributed by atoms with Gasteiger partial charge in [0.25, 0.3) is 10.0 Å². The first kappa shape index (κ1) is 26.1.